The SMILES string of the molecule is Nc1cc(Nc2ccc(F)c(F)c2)nc(C2CC2)n1. The molecule has 2 aromatic rings. The van der Waals surface area contributed by atoms with Gasteiger partial charge in [0.2, 0.25) is 0 Å². The number of nitrogens with one attached hydrogen (secondary N) is 1. The van der Waals surface area contributed by atoms with Crippen LogP contribution in [0, 0.1) is 11.6 Å². The van der Waals surface area contributed by atoms with E-state index in [4.69, 9.17) is 5.73 Å². The van der Waals surface area contributed by atoms with Crippen LogP contribution in [0.1, 0.15) is 24.6 Å². The Bertz CT molecular complexity index is 626. The van der Waals surface area contributed by atoms with Crippen molar-refractivity contribution in [2.75, 3.05) is 11.1 Å². The Hall–Kier alpha value is -2.24. The lowest BCUT2D eigenvalue weighted by Gasteiger charge is -2.08. The van der Waals surface area contributed by atoms with E-state index in [1.54, 1.807) is 6.07 Å². The summed E-state index contributed by atoms with van der Waals surface area (Å²) in [5, 5.41) is 2.90. The summed E-state index contributed by atoms with van der Waals surface area (Å²) in [6, 6.07) is 5.13. The van der Waals surface area contributed by atoms with E-state index < -0.39 is 11.6 Å². The molecule has 1 aliphatic carbocycles. The second kappa shape index (κ2) is 4.46. The summed E-state index contributed by atoms with van der Waals surface area (Å²) in [7, 11) is 0. The summed E-state index contributed by atoms with van der Waals surface area (Å²) < 4.78 is 25.9. The van der Waals surface area contributed by atoms with Crippen molar-refractivity contribution in [1.82, 2.24) is 9.97 Å². The van der Waals surface area contributed by atoms with Crippen LogP contribution in [0.4, 0.5) is 26.1 Å². The van der Waals surface area contributed by atoms with Crippen LogP contribution in [0.5, 0.6) is 0 Å². The largest absolute Gasteiger partial charge is 0.384 e. The summed E-state index contributed by atoms with van der Waals surface area (Å²) >= 11 is 0. The smallest absolute Gasteiger partial charge is 0.160 e. The number of rotatable bonds is 3. The third-order valence-corrected chi connectivity index (χ3v) is 2.90. The van der Waals surface area contributed by atoms with Gasteiger partial charge in [0.25, 0.3) is 0 Å². The van der Waals surface area contributed by atoms with Crippen LogP contribution in [0.25, 0.3) is 0 Å². The van der Waals surface area contributed by atoms with Gasteiger partial charge in [-0.1, -0.05) is 0 Å². The molecule has 19 heavy (non-hydrogen) atoms. The zero-order chi connectivity index (χ0) is 13.4. The molecule has 1 aliphatic rings. The minimum absolute atomic E-state index is 0.363. The Labute approximate surface area is 108 Å². The minimum atomic E-state index is -0.908. The molecule has 1 saturated carbocycles. The van der Waals surface area contributed by atoms with E-state index in [1.165, 1.54) is 6.07 Å². The van der Waals surface area contributed by atoms with Gasteiger partial charge in [0.1, 0.15) is 17.5 Å². The number of aromatic nitrogens is 2. The Balaban J connectivity index is 1.87. The quantitative estimate of drug-likeness (QED) is 0.892. The molecule has 1 heterocycles. The zero-order valence-corrected chi connectivity index (χ0v) is 10.0. The maximum Gasteiger partial charge on any atom is 0.160 e. The molecule has 0 bridgehead atoms. The van der Waals surface area contributed by atoms with Crippen molar-refractivity contribution < 1.29 is 8.78 Å². The van der Waals surface area contributed by atoms with Gasteiger partial charge < -0.3 is 11.1 Å². The van der Waals surface area contributed by atoms with Crippen LogP contribution < -0.4 is 11.1 Å². The van der Waals surface area contributed by atoms with Gasteiger partial charge in [-0.25, -0.2) is 18.7 Å². The van der Waals surface area contributed by atoms with Gasteiger partial charge in [0, 0.05) is 23.7 Å². The average molecular weight is 262 g/mol. The molecule has 0 aliphatic heterocycles. The Morgan fingerprint density at radius 1 is 1.11 bits per heavy atom. The molecule has 0 unspecified atom stereocenters. The third kappa shape index (κ3) is 2.62. The lowest BCUT2D eigenvalue weighted by molar-refractivity contribution is 0.509. The first-order valence-electron chi connectivity index (χ1n) is 5.98. The van der Waals surface area contributed by atoms with Crippen molar-refractivity contribution in [3.63, 3.8) is 0 Å². The molecule has 3 N–H and O–H groups in total. The first-order chi connectivity index (χ1) is 9.11. The monoisotopic (exact) mass is 262 g/mol. The lowest BCUT2D eigenvalue weighted by Crippen LogP contribution is -2.03. The fourth-order valence-electron chi connectivity index (χ4n) is 1.80. The number of benzene rings is 1. The summed E-state index contributed by atoms with van der Waals surface area (Å²) in [5.41, 5.74) is 6.12. The molecular weight excluding hydrogens is 250 g/mol. The van der Waals surface area contributed by atoms with Crippen LogP contribution in [-0.4, -0.2) is 9.97 Å². The van der Waals surface area contributed by atoms with E-state index in [-0.39, 0.29) is 0 Å². The van der Waals surface area contributed by atoms with Gasteiger partial charge in [0.05, 0.1) is 0 Å². The van der Waals surface area contributed by atoms with Gasteiger partial charge in [-0.05, 0) is 25.0 Å². The number of halogens is 2. The maximum atomic E-state index is 13.1. The molecule has 4 nitrogen and oxygen atoms in total. The summed E-state index contributed by atoms with van der Waals surface area (Å²) in [6.45, 7) is 0. The predicted octanol–water partition coefficient (Wildman–Crippen LogP) is 2.96. The second-order valence-corrected chi connectivity index (χ2v) is 4.56. The van der Waals surface area contributed by atoms with Crippen LogP contribution in [0.3, 0.4) is 0 Å². The Morgan fingerprint density at radius 3 is 2.58 bits per heavy atom. The molecule has 0 spiro atoms. The summed E-state index contributed by atoms with van der Waals surface area (Å²) in [4.78, 5) is 8.49. The molecule has 0 atom stereocenters. The van der Waals surface area contributed by atoms with E-state index in [9.17, 15) is 8.78 Å². The van der Waals surface area contributed by atoms with Crippen LogP contribution >= 0.6 is 0 Å². The molecule has 1 aromatic carbocycles. The number of nitrogens with two attached hydrogens (primary N) is 1. The summed E-state index contributed by atoms with van der Waals surface area (Å²) in [6.07, 6.45) is 2.13. The van der Waals surface area contributed by atoms with E-state index in [2.05, 4.69) is 15.3 Å². The Morgan fingerprint density at radius 2 is 1.89 bits per heavy atom. The summed E-state index contributed by atoms with van der Waals surface area (Å²) in [5.74, 6) is 0.127. The predicted molar refractivity (Wildman–Crippen MR) is 68.1 cm³/mol. The van der Waals surface area contributed by atoms with Crippen molar-refractivity contribution in [2.24, 2.45) is 0 Å². The molecule has 98 valence electrons. The highest BCUT2D eigenvalue weighted by molar-refractivity contribution is 5.58. The molecule has 0 amide bonds. The highest BCUT2D eigenvalue weighted by Gasteiger charge is 2.27. The molecular formula is C13H12F2N4. The van der Waals surface area contributed by atoms with E-state index in [0.717, 1.165) is 25.0 Å². The molecule has 6 heteroatoms. The average Bonchev–Trinajstić information content (AvgIpc) is 3.17. The van der Waals surface area contributed by atoms with Crippen LogP contribution in [-0.2, 0) is 0 Å². The van der Waals surface area contributed by atoms with Gasteiger partial charge in [-0.3, -0.25) is 0 Å². The van der Waals surface area contributed by atoms with E-state index >= 15 is 0 Å². The standard InChI is InChI=1S/C13H12F2N4/c14-9-4-3-8(5-10(9)15)17-12-6-11(16)18-13(19-12)7-1-2-7/h3-7H,1-2H2,(H3,16,17,18,19). The number of hydrogen-bond acceptors (Lipinski definition) is 4. The van der Waals surface area contributed by atoms with E-state index in [1.807, 2.05) is 0 Å². The lowest BCUT2D eigenvalue weighted by atomic mass is 10.3. The van der Waals surface area contributed by atoms with Crippen LogP contribution in [0.15, 0.2) is 24.3 Å². The second-order valence-electron chi connectivity index (χ2n) is 4.56. The number of anilines is 3. The Kier molecular flexibility index (Phi) is 2.77. The fraction of sp³-hybridized carbons (Fsp3) is 0.231. The topological polar surface area (TPSA) is 63.8 Å². The van der Waals surface area contributed by atoms with Gasteiger partial charge in [-0.15, -0.1) is 0 Å². The van der Waals surface area contributed by atoms with Crippen molar-refractivity contribution in [3.05, 3.63) is 41.7 Å². The van der Waals surface area contributed by atoms with Gasteiger partial charge in [0.15, 0.2) is 11.6 Å². The number of hydrogen-bond donors (Lipinski definition) is 2. The molecule has 0 saturated heterocycles. The van der Waals surface area contributed by atoms with Crippen molar-refractivity contribution >= 4 is 17.3 Å². The highest BCUT2D eigenvalue weighted by Crippen LogP contribution is 2.38. The zero-order valence-electron chi connectivity index (χ0n) is 10.0. The first kappa shape index (κ1) is 11.8. The maximum absolute atomic E-state index is 13.1. The van der Waals surface area contributed by atoms with Crippen molar-refractivity contribution in [1.29, 1.82) is 0 Å². The molecule has 0 radical (unpaired) electrons. The normalized spacial score (nSPS) is 14.4. The van der Waals surface area contributed by atoms with Crippen LogP contribution in [0.2, 0.25) is 0 Å². The highest BCUT2D eigenvalue weighted by atomic mass is 19.2. The minimum Gasteiger partial charge on any atom is -0.384 e. The van der Waals surface area contributed by atoms with Crippen molar-refractivity contribution in [3.8, 4) is 0 Å². The molecule has 3 rings (SSSR count). The molecule has 1 fully saturated rings. The van der Waals surface area contributed by atoms with Crippen molar-refractivity contribution in [2.45, 2.75) is 18.8 Å². The van der Waals surface area contributed by atoms with E-state index in [0.29, 0.717) is 29.1 Å². The number of nitrogens with zero attached hydrogens (tertiary/aromatic N) is 2. The third-order valence-electron chi connectivity index (χ3n) is 2.90. The van der Waals surface area contributed by atoms with Gasteiger partial charge >= 0.3 is 0 Å². The van der Waals surface area contributed by atoms with Gasteiger partial charge in [-0.2, -0.15) is 0 Å². The fourth-order valence-corrected chi connectivity index (χ4v) is 1.80. The number of nitrogen functional groups attached to an aromatic ring is 1. The first-order valence-corrected chi connectivity index (χ1v) is 5.98. The molecule has 1 aromatic heterocycles.